The number of hydrogen-bond donors (Lipinski definition) is 0. The van der Waals surface area contributed by atoms with E-state index in [9.17, 15) is 0 Å². The number of benzene rings is 1. The third-order valence-corrected chi connectivity index (χ3v) is 3.76. The van der Waals surface area contributed by atoms with Crippen molar-refractivity contribution in [3.05, 3.63) is 42.8 Å². The van der Waals surface area contributed by atoms with Crippen molar-refractivity contribution in [2.75, 3.05) is 0 Å². The average Bonchev–Trinajstić information content (AvgIpc) is 2.42. The van der Waals surface area contributed by atoms with Crippen LogP contribution in [-0.4, -0.2) is 0 Å². The van der Waals surface area contributed by atoms with Gasteiger partial charge < -0.3 is 0 Å². The monoisotopic (exact) mass is 245 g/mol. The summed E-state index contributed by atoms with van der Waals surface area (Å²) in [6.45, 7) is 6.23. The van der Waals surface area contributed by atoms with E-state index in [0.29, 0.717) is 0 Å². The molecule has 0 aliphatic carbocycles. The molecule has 0 N–H and O–H groups in total. The third kappa shape index (κ3) is 6.83. The van der Waals surface area contributed by atoms with E-state index >= 15 is 0 Å². The molecule has 0 heteroatoms. The van der Waals surface area contributed by atoms with Crippen molar-refractivity contribution in [2.45, 2.75) is 70.6 Å². The Balaban J connectivity index is 1.98. The van der Waals surface area contributed by atoms with E-state index in [0.717, 1.165) is 12.3 Å². The van der Waals surface area contributed by atoms with E-state index in [2.05, 4.69) is 44.2 Å². The van der Waals surface area contributed by atoms with Gasteiger partial charge >= 0.3 is 0 Å². The van der Waals surface area contributed by atoms with Gasteiger partial charge in [0.15, 0.2) is 0 Å². The first kappa shape index (κ1) is 15.3. The van der Waals surface area contributed by atoms with Crippen LogP contribution in [0, 0.1) is 6.92 Å². The molecule has 1 rings (SSSR count). The van der Waals surface area contributed by atoms with Gasteiger partial charge in [-0.05, 0) is 17.9 Å². The van der Waals surface area contributed by atoms with Gasteiger partial charge in [-0.25, -0.2) is 0 Å². The molecule has 1 radical (unpaired) electrons. The fourth-order valence-corrected chi connectivity index (χ4v) is 2.46. The molecule has 0 heterocycles. The van der Waals surface area contributed by atoms with Gasteiger partial charge in [0.1, 0.15) is 0 Å². The zero-order valence-corrected chi connectivity index (χ0v) is 12.0. The molecule has 0 aliphatic rings. The molecular formula is C18H29. The molecule has 0 saturated heterocycles. The summed E-state index contributed by atoms with van der Waals surface area (Å²) in [4.78, 5) is 0. The van der Waals surface area contributed by atoms with E-state index in [1.165, 1.54) is 56.9 Å². The summed E-state index contributed by atoms with van der Waals surface area (Å²) in [6.07, 6.45) is 12.2. The summed E-state index contributed by atoms with van der Waals surface area (Å²) in [5.74, 6) is 0.720. The van der Waals surface area contributed by atoms with Crippen molar-refractivity contribution < 1.29 is 0 Å². The predicted molar refractivity (Wildman–Crippen MR) is 81.8 cm³/mol. The molecule has 1 aromatic rings. The van der Waals surface area contributed by atoms with E-state index in [1.54, 1.807) is 0 Å². The molecule has 1 unspecified atom stereocenters. The first-order valence-electron chi connectivity index (χ1n) is 7.68. The van der Waals surface area contributed by atoms with E-state index in [-0.39, 0.29) is 0 Å². The minimum atomic E-state index is 0.720. The Morgan fingerprint density at radius 2 is 1.39 bits per heavy atom. The van der Waals surface area contributed by atoms with Crippen molar-refractivity contribution in [3.63, 3.8) is 0 Å². The number of unbranched alkanes of at least 4 members (excludes halogenated alkanes) is 7. The predicted octanol–water partition coefficient (Wildman–Crippen LogP) is 6.14. The first-order chi connectivity index (χ1) is 8.84. The lowest BCUT2D eigenvalue weighted by Crippen LogP contribution is -1.93. The maximum Gasteiger partial charge on any atom is -0.0190 e. The van der Waals surface area contributed by atoms with E-state index in [4.69, 9.17) is 0 Å². The molecule has 1 aromatic carbocycles. The Morgan fingerprint density at radius 3 is 2.00 bits per heavy atom. The van der Waals surface area contributed by atoms with Crippen molar-refractivity contribution in [2.24, 2.45) is 0 Å². The highest BCUT2D eigenvalue weighted by molar-refractivity contribution is 5.18. The molecule has 0 saturated carbocycles. The van der Waals surface area contributed by atoms with Gasteiger partial charge in [-0.3, -0.25) is 0 Å². The standard InChI is InChI=1S/C18H29/c1-3-4-5-6-7-8-9-11-14-17(2)18-15-12-10-13-16-18/h10,12-13,15-17H,1,3-9,11,14H2,2H3. The fraction of sp³-hybridized carbons (Fsp3) is 0.611. The zero-order valence-electron chi connectivity index (χ0n) is 12.0. The lowest BCUT2D eigenvalue weighted by Gasteiger charge is -2.11. The van der Waals surface area contributed by atoms with Crippen molar-refractivity contribution in [1.82, 2.24) is 0 Å². The quantitative estimate of drug-likeness (QED) is 0.435. The summed E-state index contributed by atoms with van der Waals surface area (Å²) in [7, 11) is 0. The Labute approximate surface area is 114 Å². The molecule has 0 amide bonds. The van der Waals surface area contributed by atoms with Gasteiger partial charge in [0.25, 0.3) is 0 Å². The molecule has 0 nitrogen and oxygen atoms in total. The van der Waals surface area contributed by atoms with Gasteiger partial charge in [-0.2, -0.15) is 0 Å². The Kier molecular flexibility index (Phi) is 8.63. The van der Waals surface area contributed by atoms with Crippen LogP contribution in [0.4, 0.5) is 0 Å². The van der Waals surface area contributed by atoms with Gasteiger partial charge in [-0.1, -0.05) is 95.5 Å². The highest BCUT2D eigenvalue weighted by atomic mass is 14.1. The number of hydrogen-bond acceptors (Lipinski definition) is 0. The molecule has 18 heavy (non-hydrogen) atoms. The summed E-state index contributed by atoms with van der Waals surface area (Å²) in [5, 5.41) is 0. The maximum atomic E-state index is 3.88. The molecule has 0 spiro atoms. The van der Waals surface area contributed by atoms with Crippen LogP contribution in [-0.2, 0) is 0 Å². The van der Waals surface area contributed by atoms with Crippen LogP contribution in [0.3, 0.4) is 0 Å². The summed E-state index contributed by atoms with van der Waals surface area (Å²) < 4.78 is 0. The first-order valence-corrected chi connectivity index (χ1v) is 7.68. The van der Waals surface area contributed by atoms with Gasteiger partial charge in [0.05, 0.1) is 0 Å². The minimum absolute atomic E-state index is 0.720. The largest absolute Gasteiger partial charge is 0.0622 e. The van der Waals surface area contributed by atoms with Crippen molar-refractivity contribution in [3.8, 4) is 0 Å². The second kappa shape index (κ2) is 10.2. The second-order valence-electron chi connectivity index (χ2n) is 5.43. The average molecular weight is 245 g/mol. The van der Waals surface area contributed by atoms with Gasteiger partial charge in [0.2, 0.25) is 0 Å². The molecular weight excluding hydrogens is 216 g/mol. The fourth-order valence-electron chi connectivity index (χ4n) is 2.46. The smallest absolute Gasteiger partial charge is 0.0190 e. The normalized spacial score (nSPS) is 12.6. The molecule has 1 atom stereocenters. The van der Waals surface area contributed by atoms with Gasteiger partial charge in [-0.15, -0.1) is 0 Å². The Morgan fingerprint density at radius 1 is 0.833 bits per heavy atom. The minimum Gasteiger partial charge on any atom is -0.0622 e. The topological polar surface area (TPSA) is 0 Å². The van der Waals surface area contributed by atoms with Crippen LogP contribution in [0.1, 0.15) is 76.2 Å². The Bertz CT molecular complexity index is 275. The van der Waals surface area contributed by atoms with Crippen molar-refractivity contribution in [1.29, 1.82) is 0 Å². The van der Waals surface area contributed by atoms with E-state index in [1.807, 2.05) is 0 Å². The molecule has 0 fully saturated rings. The highest BCUT2D eigenvalue weighted by Crippen LogP contribution is 2.21. The van der Waals surface area contributed by atoms with Crippen molar-refractivity contribution >= 4 is 0 Å². The maximum absolute atomic E-state index is 3.88. The van der Waals surface area contributed by atoms with Crippen LogP contribution >= 0.6 is 0 Å². The molecule has 0 aliphatic heterocycles. The SMILES string of the molecule is [CH2]CCCCCCCCCC(C)c1ccccc1. The van der Waals surface area contributed by atoms with E-state index < -0.39 is 0 Å². The number of rotatable bonds is 10. The highest BCUT2D eigenvalue weighted by Gasteiger charge is 2.03. The lowest BCUT2D eigenvalue weighted by molar-refractivity contribution is 0.546. The van der Waals surface area contributed by atoms with Crippen LogP contribution in [0.2, 0.25) is 0 Å². The van der Waals surface area contributed by atoms with Crippen LogP contribution in [0.15, 0.2) is 30.3 Å². The van der Waals surface area contributed by atoms with Crippen LogP contribution < -0.4 is 0 Å². The summed E-state index contributed by atoms with van der Waals surface area (Å²) in [6, 6.07) is 10.9. The van der Waals surface area contributed by atoms with Crippen LogP contribution in [0.25, 0.3) is 0 Å². The molecule has 101 valence electrons. The molecule has 0 bridgehead atoms. The third-order valence-electron chi connectivity index (χ3n) is 3.76. The Hall–Kier alpha value is -0.780. The molecule has 0 aromatic heterocycles. The summed E-state index contributed by atoms with van der Waals surface area (Å²) >= 11 is 0. The van der Waals surface area contributed by atoms with Crippen LogP contribution in [0.5, 0.6) is 0 Å². The lowest BCUT2D eigenvalue weighted by atomic mass is 9.95. The van der Waals surface area contributed by atoms with Gasteiger partial charge in [0, 0.05) is 0 Å². The second-order valence-corrected chi connectivity index (χ2v) is 5.43. The zero-order chi connectivity index (χ0) is 13.1. The summed E-state index contributed by atoms with van der Waals surface area (Å²) in [5.41, 5.74) is 1.49.